The fraction of sp³-hybridized carbons (Fsp3) is 0.533. The van der Waals surface area contributed by atoms with Crippen molar-refractivity contribution in [2.24, 2.45) is 0 Å². The van der Waals surface area contributed by atoms with E-state index in [9.17, 15) is 9.18 Å². The number of benzene rings is 1. The average Bonchev–Trinajstić information content (AvgIpc) is 2.49. The number of amides is 1. The summed E-state index contributed by atoms with van der Waals surface area (Å²) >= 11 is 1.52. The lowest BCUT2D eigenvalue weighted by atomic mass is 10.0. The molecule has 0 saturated carbocycles. The van der Waals surface area contributed by atoms with Crippen LogP contribution in [0.2, 0.25) is 0 Å². The normalized spacial score (nSPS) is 25.2. The van der Waals surface area contributed by atoms with Gasteiger partial charge in [-0.2, -0.15) is 0 Å². The lowest BCUT2D eigenvalue weighted by Gasteiger charge is -2.28. The third kappa shape index (κ3) is 3.56. The highest BCUT2D eigenvalue weighted by Crippen LogP contribution is 2.37. The molecule has 0 spiro atoms. The number of ether oxygens (including phenoxy) is 1. The largest absolute Gasteiger partial charge is 0.378 e. The van der Waals surface area contributed by atoms with Gasteiger partial charge >= 0.3 is 0 Å². The molecule has 1 aromatic rings. The highest BCUT2D eigenvalue weighted by Gasteiger charge is 2.25. The molecule has 6 heteroatoms. The molecular formula is C15H19FN2O2S. The van der Waals surface area contributed by atoms with Crippen LogP contribution in [-0.2, 0) is 9.53 Å². The molecule has 114 valence electrons. The van der Waals surface area contributed by atoms with Crippen LogP contribution in [0.1, 0.15) is 24.4 Å². The van der Waals surface area contributed by atoms with E-state index in [0.717, 1.165) is 24.3 Å². The highest BCUT2D eigenvalue weighted by molar-refractivity contribution is 7.99. The molecule has 0 aromatic heterocycles. The van der Waals surface area contributed by atoms with Gasteiger partial charge in [-0.25, -0.2) is 4.39 Å². The van der Waals surface area contributed by atoms with E-state index < -0.39 is 0 Å². The second kappa shape index (κ2) is 6.77. The maximum Gasteiger partial charge on any atom is 0.222 e. The van der Waals surface area contributed by atoms with Crippen molar-refractivity contribution in [1.82, 2.24) is 10.6 Å². The van der Waals surface area contributed by atoms with Gasteiger partial charge in [-0.1, -0.05) is 12.1 Å². The number of thioether (sulfide) groups is 1. The van der Waals surface area contributed by atoms with Gasteiger partial charge in [0.05, 0.1) is 19.3 Å². The summed E-state index contributed by atoms with van der Waals surface area (Å²) in [4.78, 5) is 12.8. The molecule has 2 N–H and O–H groups in total. The molecule has 0 bridgehead atoms. The van der Waals surface area contributed by atoms with Crippen molar-refractivity contribution in [1.29, 1.82) is 0 Å². The molecule has 2 heterocycles. The average molecular weight is 310 g/mol. The molecule has 1 aromatic carbocycles. The molecule has 2 aliphatic rings. The summed E-state index contributed by atoms with van der Waals surface area (Å²) in [6.07, 6.45) is 1.23. The summed E-state index contributed by atoms with van der Waals surface area (Å²) in [5, 5.41) is 6.30. The van der Waals surface area contributed by atoms with Gasteiger partial charge in [-0.05, 0) is 18.1 Å². The van der Waals surface area contributed by atoms with Crippen molar-refractivity contribution < 1.29 is 13.9 Å². The van der Waals surface area contributed by atoms with Gasteiger partial charge in [-0.15, -0.1) is 11.8 Å². The third-order valence-electron chi connectivity index (χ3n) is 3.79. The Balaban J connectivity index is 1.63. The fourth-order valence-electron chi connectivity index (χ4n) is 2.76. The van der Waals surface area contributed by atoms with Crippen LogP contribution in [-0.4, -0.2) is 37.5 Å². The Kier molecular flexibility index (Phi) is 4.77. The quantitative estimate of drug-likeness (QED) is 0.895. The van der Waals surface area contributed by atoms with Gasteiger partial charge in [0.15, 0.2) is 0 Å². The highest BCUT2D eigenvalue weighted by atomic mass is 32.2. The zero-order valence-electron chi connectivity index (χ0n) is 11.7. The minimum absolute atomic E-state index is 0.00916. The predicted molar refractivity (Wildman–Crippen MR) is 79.9 cm³/mol. The van der Waals surface area contributed by atoms with Crippen molar-refractivity contribution >= 4 is 17.7 Å². The number of fused-ring (bicyclic) bond motifs is 1. The molecule has 2 unspecified atom stereocenters. The van der Waals surface area contributed by atoms with Gasteiger partial charge in [0, 0.05) is 29.7 Å². The van der Waals surface area contributed by atoms with E-state index in [4.69, 9.17) is 4.74 Å². The van der Waals surface area contributed by atoms with E-state index >= 15 is 0 Å². The van der Waals surface area contributed by atoms with Crippen molar-refractivity contribution in [3.05, 3.63) is 29.6 Å². The van der Waals surface area contributed by atoms with Gasteiger partial charge in [0.1, 0.15) is 5.82 Å². The summed E-state index contributed by atoms with van der Waals surface area (Å²) in [5.41, 5.74) is 0.896. The van der Waals surface area contributed by atoms with Crippen LogP contribution in [0.25, 0.3) is 0 Å². The number of nitrogens with one attached hydrogen (secondary N) is 2. The molecule has 4 nitrogen and oxygen atoms in total. The number of carbonyl (C=O) groups is 1. The predicted octanol–water partition coefficient (Wildman–Crippen LogP) is 1.86. The molecule has 2 aliphatic heterocycles. The van der Waals surface area contributed by atoms with E-state index in [1.807, 2.05) is 6.07 Å². The monoisotopic (exact) mass is 310 g/mol. The number of morpholine rings is 1. The molecule has 0 aliphatic carbocycles. The Bertz CT molecular complexity index is 520. The number of rotatable bonds is 3. The molecule has 3 rings (SSSR count). The second-order valence-electron chi connectivity index (χ2n) is 5.35. The van der Waals surface area contributed by atoms with Crippen LogP contribution in [0, 0.1) is 5.82 Å². The minimum atomic E-state index is -0.196. The molecular weight excluding hydrogens is 291 g/mol. The Morgan fingerprint density at radius 2 is 2.43 bits per heavy atom. The van der Waals surface area contributed by atoms with Crippen molar-refractivity contribution in [3.8, 4) is 0 Å². The third-order valence-corrected chi connectivity index (χ3v) is 4.95. The van der Waals surface area contributed by atoms with Gasteiger partial charge in [0.25, 0.3) is 0 Å². The Hall–Kier alpha value is -1.11. The number of hydrogen-bond acceptors (Lipinski definition) is 4. The number of carbonyl (C=O) groups excluding carboxylic acids is 1. The number of halogens is 1. The Labute approximate surface area is 127 Å². The maximum absolute atomic E-state index is 13.8. The summed E-state index contributed by atoms with van der Waals surface area (Å²) in [7, 11) is 0. The Morgan fingerprint density at radius 1 is 1.52 bits per heavy atom. The lowest BCUT2D eigenvalue weighted by molar-refractivity contribution is -0.123. The molecule has 1 fully saturated rings. The SMILES string of the molecule is O=C(CC1COCCN1)NC1CCSc2c(F)cccc21. The topological polar surface area (TPSA) is 50.4 Å². The van der Waals surface area contributed by atoms with Crippen LogP contribution in [0.5, 0.6) is 0 Å². The number of hydrogen-bond donors (Lipinski definition) is 2. The van der Waals surface area contributed by atoms with Crippen LogP contribution in [0.3, 0.4) is 0 Å². The van der Waals surface area contributed by atoms with Crippen molar-refractivity contribution in [2.75, 3.05) is 25.5 Å². The molecule has 0 radical (unpaired) electrons. The first-order valence-corrected chi connectivity index (χ1v) is 8.24. The van der Waals surface area contributed by atoms with Gasteiger partial charge < -0.3 is 15.4 Å². The zero-order chi connectivity index (χ0) is 14.7. The van der Waals surface area contributed by atoms with E-state index in [2.05, 4.69) is 10.6 Å². The van der Waals surface area contributed by atoms with E-state index in [-0.39, 0.29) is 23.8 Å². The van der Waals surface area contributed by atoms with E-state index in [1.54, 1.807) is 6.07 Å². The minimum Gasteiger partial charge on any atom is -0.378 e. The molecule has 1 saturated heterocycles. The molecule has 2 atom stereocenters. The summed E-state index contributed by atoms with van der Waals surface area (Å²) in [6, 6.07) is 5.06. The van der Waals surface area contributed by atoms with Crippen LogP contribution >= 0.6 is 11.8 Å². The summed E-state index contributed by atoms with van der Waals surface area (Å²) in [6.45, 7) is 2.05. The van der Waals surface area contributed by atoms with Crippen molar-refractivity contribution in [2.45, 2.75) is 29.8 Å². The Morgan fingerprint density at radius 3 is 3.24 bits per heavy atom. The lowest BCUT2D eigenvalue weighted by Crippen LogP contribution is -2.44. The van der Waals surface area contributed by atoms with Crippen LogP contribution in [0.4, 0.5) is 4.39 Å². The van der Waals surface area contributed by atoms with Crippen LogP contribution in [0.15, 0.2) is 23.1 Å². The van der Waals surface area contributed by atoms with Crippen molar-refractivity contribution in [3.63, 3.8) is 0 Å². The molecule has 1 amide bonds. The summed E-state index contributed by atoms with van der Waals surface area (Å²) < 4.78 is 19.1. The fourth-order valence-corrected chi connectivity index (χ4v) is 3.90. The van der Waals surface area contributed by atoms with Gasteiger partial charge in [0.2, 0.25) is 5.91 Å². The zero-order valence-corrected chi connectivity index (χ0v) is 12.5. The standard InChI is InChI=1S/C15H19FN2O2S/c16-12-3-1-2-11-13(4-7-21-15(11)12)18-14(19)8-10-9-20-6-5-17-10/h1-3,10,13,17H,4-9H2,(H,18,19). The van der Waals surface area contributed by atoms with E-state index in [0.29, 0.717) is 24.5 Å². The first-order valence-electron chi connectivity index (χ1n) is 7.26. The van der Waals surface area contributed by atoms with Crippen LogP contribution < -0.4 is 10.6 Å². The first-order chi connectivity index (χ1) is 10.2. The van der Waals surface area contributed by atoms with Gasteiger partial charge in [-0.3, -0.25) is 4.79 Å². The second-order valence-corrected chi connectivity index (χ2v) is 6.45. The first kappa shape index (κ1) is 14.8. The van der Waals surface area contributed by atoms with E-state index in [1.165, 1.54) is 17.8 Å². The molecule has 21 heavy (non-hydrogen) atoms. The smallest absolute Gasteiger partial charge is 0.222 e. The maximum atomic E-state index is 13.8. The summed E-state index contributed by atoms with van der Waals surface area (Å²) in [5.74, 6) is 0.618.